The number of para-hydroxylation sites is 2. The molecule has 0 aliphatic carbocycles. The minimum atomic E-state index is -0.741. The van der Waals surface area contributed by atoms with Gasteiger partial charge in [0.25, 0.3) is 0 Å². The van der Waals surface area contributed by atoms with Crippen LogP contribution in [0.3, 0.4) is 0 Å². The first-order chi connectivity index (χ1) is 11.8. The maximum Gasteiger partial charge on any atom is 0.351 e. The summed E-state index contributed by atoms with van der Waals surface area (Å²) in [6, 6.07) is 21.3. The molecule has 0 radical (unpaired) electrons. The standard InChI is InChI=1S/C20H16O4/c21-20(19-13-22-17-10-3-4-11-18(17)24-19)23-12-15-8-5-7-14-6-1-2-9-16(14)15/h1-11,19H,12-13H2/t19-/m0/s1. The highest BCUT2D eigenvalue weighted by Gasteiger charge is 2.28. The highest BCUT2D eigenvalue weighted by atomic mass is 16.6. The highest BCUT2D eigenvalue weighted by molar-refractivity contribution is 5.85. The lowest BCUT2D eigenvalue weighted by Crippen LogP contribution is -2.37. The van der Waals surface area contributed by atoms with Crippen LogP contribution < -0.4 is 9.47 Å². The van der Waals surface area contributed by atoms with Crippen LogP contribution in [0.25, 0.3) is 10.8 Å². The van der Waals surface area contributed by atoms with E-state index in [9.17, 15) is 4.79 Å². The summed E-state index contributed by atoms with van der Waals surface area (Å²) < 4.78 is 16.7. The first-order valence-corrected chi connectivity index (χ1v) is 7.83. The van der Waals surface area contributed by atoms with Gasteiger partial charge in [0, 0.05) is 0 Å². The predicted octanol–water partition coefficient (Wildman–Crippen LogP) is 3.72. The van der Waals surface area contributed by atoms with Crippen molar-refractivity contribution in [1.29, 1.82) is 0 Å². The van der Waals surface area contributed by atoms with E-state index >= 15 is 0 Å². The van der Waals surface area contributed by atoms with E-state index in [2.05, 4.69) is 0 Å². The second-order valence-corrected chi connectivity index (χ2v) is 5.61. The lowest BCUT2D eigenvalue weighted by Gasteiger charge is -2.25. The van der Waals surface area contributed by atoms with E-state index in [0.717, 1.165) is 16.3 Å². The van der Waals surface area contributed by atoms with Crippen molar-refractivity contribution in [2.24, 2.45) is 0 Å². The van der Waals surface area contributed by atoms with Crippen LogP contribution in [0.5, 0.6) is 11.5 Å². The zero-order chi connectivity index (χ0) is 16.4. The minimum Gasteiger partial charge on any atom is -0.485 e. The number of fused-ring (bicyclic) bond motifs is 2. The third-order valence-electron chi connectivity index (χ3n) is 4.02. The van der Waals surface area contributed by atoms with Gasteiger partial charge in [-0.05, 0) is 28.5 Å². The fourth-order valence-corrected chi connectivity index (χ4v) is 2.80. The molecule has 0 N–H and O–H groups in total. The molecule has 1 aliphatic heterocycles. The number of hydrogen-bond acceptors (Lipinski definition) is 4. The van der Waals surface area contributed by atoms with Crippen LogP contribution in [0.2, 0.25) is 0 Å². The van der Waals surface area contributed by atoms with Gasteiger partial charge in [-0.3, -0.25) is 0 Å². The fraction of sp³-hybridized carbons (Fsp3) is 0.150. The summed E-state index contributed by atoms with van der Waals surface area (Å²) >= 11 is 0. The van der Waals surface area contributed by atoms with Crippen LogP contribution >= 0.6 is 0 Å². The van der Waals surface area contributed by atoms with Crippen molar-refractivity contribution < 1.29 is 19.0 Å². The number of esters is 1. The van der Waals surface area contributed by atoms with Crippen molar-refractivity contribution in [1.82, 2.24) is 0 Å². The van der Waals surface area contributed by atoms with Crippen LogP contribution in [-0.2, 0) is 16.1 Å². The Bertz CT molecular complexity index is 882. The van der Waals surface area contributed by atoms with Gasteiger partial charge < -0.3 is 14.2 Å². The SMILES string of the molecule is O=C(OCc1cccc2ccccc12)[C@@H]1COc2ccccc2O1. The zero-order valence-electron chi connectivity index (χ0n) is 13.0. The molecule has 0 saturated heterocycles. The molecule has 0 saturated carbocycles. The largest absolute Gasteiger partial charge is 0.485 e. The molecule has 0 fully saturated rings. The molecular weight excluding hydrogens is 304 g/mol. The van der Waals surface area contributed by atoms with Gasteiger partial charge in [0.1, 0.15) is 13.2 Å². The van der Waals surface area contributed by atoms with E-state index in [-0.39, 0.29) is 13.2 Å². The van der Waals surface area contributed by atoms with Gasteiger partial charge in [-0.1, -0.05) is 54.6 Å². The molecule has 0 aromatic heterocycles. The van der Waals surface area contributed by atoms with Gasteiger partial charge >= 0.3 is 5.97 Å². The van der Waals surface area contributed by atoms with E-state index in [1.165, 1.54) is 0 Å². The quantitative estimate of drug-likeness (QED) is 0.690. The molecule has 0 amide bonds. The molecule has 4 rings (SSSR count). The number of carbonyl (C=O) groups excluding carboxylic acids is 1. The second-order valence-electron chi connectivity index (χ2n) is 5.61. The van der Waals surface area contributed by atoms with Crippen molar-refractivity contribution in [3.05, 3.63) is 72.3 Å². The molecule has 4 nitrogen and oxygen atoms in total. The van der Waals surface area contributed by atoms with Gasteiger partial charge in [-0.25, -0.2) is 4.79 Å². The molecular formula is C20H16O4. The number of carbonyl (C=O) groups is 1. The number of benzene rings is 3. The molecule has 24 heavy (non-hydrogen) atoms. The summed E-state index contributed by atoms with van der Waals surface area (Å²) in [5.74, 6) is 0.795. The first-order valence-electron chi connectivity index (χ1n) is 7.83. The van der Waals surface area contributed by atoms with Gasteiger partial charge in [0.2, 0.25) is 6.10 Å². The Kier molecular flexibility index (Phi) is 3.79. The second kappa shape index (κ2) is 6.24. The average molecular weight is 320 g/mol. The summed E-state index contributed by atoms with van der Waals surface area (Å²) in [4.78, 5) is 12.3. The Hall–Kier alpha value is -3.01. The van der Waals surface area contributed by atoms with Crippen LogP contribution in [0, 0.1) is 0 Å². The number of ether oxygens (including phenoxy) is 3. The Morgan fingerprint density at radius 1 is 0.958 bits per heavy atom. The van der Waals surface area contributed by atoms with Crippen molar-refractivity contribution in [2.75, 3.05) is 6.61 Å². The molecule has 3 aromatic rings. The Morgan fingerprint density at radius 2 is 1.71 bits per heavy atom. The van der Waals surface area contributed by atoms with Crippen LogP contribution in [0.15, 0.2) is 66.7 Å². The molecule has 4 heteroatoms. The van der Waals surface area contributed by atoms with Crippen molar-refractivity contribution >= 4 is 16.7 Å². The van der Waals surface area contributed by atoms with Crippen LogP contribution in [0.1, 0.15) is 5.56 Å². The molecule has 1 heterocycles. The van der Waals surface area contributed by atoms with Crippen LogP contribution in [-0.4, -0.2) is 18.7 Å². The third-order valence-corrected chi connectivity index (χ3v) is 4.02. The smallest absolute Gasteiger partial charge is 0.351 e. The summed E-state index contributed by atoms with van der Waals surface area (Å²) in [6.45, 7) is 0.368. The molecule has 120 valence electrons. The summed E-state index contributed by atoms with van der Waals surface area (Å²) in [5, 5.41) is 2.20. The van der Waals surface area contributed by atoms with E-state index in [1.54, 1.807) is 6.07 Å². The zero-order valence-corrected chi connectivity index (χ0v) is 13.0. The average Bonchev–Trinajstić information content (AvgIpc) is 2.65. The fourth-order valence-electron chi connectivity index (χ4n) is 2.80. The lowest BCUT2D eigenvalue weighted by molar-refractivity contribution is -0.155. The molecule has 0 spiro atoms. The summed E-state index contributed by atoms with van der Waals surface area (Å²) in [6.07, 6.45) is -0.741. The maximum absolute atomic E-state index is 12.3. The predicted molar refractivity (Wildman–Crippen MR) is 90.1 cm³/mol. The Labute approximate surface area is 139 Å². The van der Waals surface area contributed by atoms with Gasteiger partial charge in [-0.15, -0.1) is 0 Å². The molecule has 1 aliphatic rings. The van der Waals surface area contributed by atoms with Crippen molar-refractivity contribution in [3.63, 3.8) is 0 Å². The van der Waals surface area contributed by atoms with Gasteiger partial charge in [0.05, 0.1) is 0 Å². The molecule has 0 bridgehead atoms. The van der Waals surface area contributed by atoms with Crippen LogP contribution in [0.4, 0.5) is 0 Å². The van der Waals surface area contributed by atoms with E-state index < -0.39 is 12.1 Å². The van der Waals surface area contributed by atoms with Crippen molar-refractivity contribution in [2.45, 2.75) is 12.7 Å². The van der Waals surface area contributed by atoms with E-state index in [0.29, 0.717) is 11.5 Å². The highest BCUT2D eigenvalue weighted by Crippen LogP contribution is 2.31. The summed E-state index contributed by atoms with van der Waals surface area (Å²) in [5.41, 5.74) is 0.971. The van der Waals surface area contributed by atoms with Crippen molar-refractivity contribution in [3.8, 4) is 11.5 Å². The lowest BCUT2D eigenvalue weighted by atomic mass is 10.1. The Morgan fingerprint density at radius 3 is 2.62 bits per heavy atom. The summed E-state index contributed by atoms with van der Waals surface area (Å²) in [7, 11) is 0. The third kappa shape index (κ3) is 2.78. The normalized spacial score (nSPS) is 15.9. The minimum absolute atomic E-state index is 0.158. The number of hydrogen-bond donors (Lipinski definition) is 0. The molecule has 0 unspecified atom stereocenters. The van der Waals surface area contributed by atoms with Gasteiger partial charge in [-0.2, -0.15) is 0 Å². The van der Waals surface area contributed by atoms with E-state index in [4.69, 9.17) is 14.2 Å². The van der Waals surface area contributed by atoms with Gasteiger partial charge in [0.15, 0.2) is 11.5 Å². The topological polar surface area (TPSA) is 44.8 Å². The Balaban J connectivity index is 1.45. The number of rotatable bonds is 3. The molecule has 1 atom stereocenters. The van der Waals surface area contributed by atoms with E-state index in [1.807, 2.05) is 60.7 Å². The first kappa shape index (κ1) is 14.6. The molecule has 3 aromatic carbocycles. The maximum atomic E-state index is 12.3. The monoisotopic (exact) mass is 320 g/mol.